The van der Waals surface area contributed by atoms with E-state index in [9.17, 15) is 9.59 Å². The summed E-state index contributed by atoms with van der Waals surface area (Å²) in [5.41, 5.74) is 3.10. The molecule has 0 N–H and O–H groups in total. The standard InChI is InChI=1S/C12H10O2/c1-8-2-4-10-6-9(7-13)3-5-11(10)12(8)14/h2-3,5-7H,4H2,1H3. The number of rotatable bonds is 1. The summed E-state index contributed by atoms with van der Waals surface area (Å²) in [7, 11) is 0. The van der Waals surface area contributed by atoms with Crippen molar-refractivity contribution in [1.82, 2.24) is 0 Å². The number of ketones is 1. The number of allylic oxidation sites excluding steroid dienone is 2. The van der Waals surface area contributed by atoms with E-state index in [4.69, 9.17) is 0 Å². The van der Waals surface area contributed by atoms with Crippen LogP contribution in [0.15, 0.2) is 29.8 Å². The minimum atomic E-state index is 0.0729. The van der Waals surface area contributed by atoms with Crippen LogP contribution in [0.1, 0.15) is 33.2 Å². The molecule has 0 radical (unpaired) electrons. The normalized spacial score (nSPS) is 14.6. The molecule has 0 aliphatic heterocycles. The Morgan fingerprint density at radius 2 is 2.14 bits per heavy atom. The maximum Gasteiger partial charge on any atom is 0.188 e. The maximum atomic E-state index is 11.7. The van der Waals surface area contributed by atoms with Gasteiger partial charge in [-0.3, -0.25) is 9.59 Å². The minimum absolute atomic E-state index is 0.0729. The van der Waals surface area contributed by atoms with Gasteiger partial charge in [-0.05, 0) is 30.5 Å². The molecule has 0 saturated carbocycles. The van der Waals surface area contributed by atoms with E-state index in [0.29, 0.717) is 5.56 Å². The van der Waals surface area contributed by atoms with Crippen LogP contribution in [0, 0.1) is 0 Å². The predicted molar refractivity (Wildman–Crippen MR) is 53.6 cm³/mol. The molecule has 0 aromatic heterocycles. The van der Waals surface area contributed by atoms with Crippen LogP contribution in [0.2, 0.25) is 0 Å². The Balaban J connectivity index is 2.54. The van der Waals surface area contributed by atoms with Gasteiger partial charge in [0.15, 0.2) is 5.78 Å². The highest BCUT2D eigenvalue weighted by atomic mass is 16.1. The van der Waals surface area contributed by atoms with Gasteiger partial charge in [-0.1, -0.05) is 18.2 Å². The summed E-state index contributed by atoms with van der Waals surface area (Å²) in [6.45, 7) is 1.82. The molecule has 0 fully saturated rings. The Morgan fingerprint density at radius 1 is 1.36 bits per heavy atom. The first-order valence-corrected chi connectivity index (χ1v) is 4.52. The van der Waals surface area contributed by atoms with Crippen molar-refractivity contribution in [2.24, 2.45) is 0 Å². The van der Waals surface area contributed by atoms with E-state index in [0.717, 1.165) is 29.4 Å². The summed E-state index contributed by atoms with van der Waals surface area (Å²) >= 11 is 0. The maximum absolute atomic E-state index is 11.7. The van der Waals surface area contributed by atoms with Crippen molar-refractivity contribution in [3.63, 3.8) is 0 Å². The SMILES string of the molecule is CC1=CCc2cc(C=O)ccc2C1=O. The van der Waals surface area contributed by atoms with Gasteiger partial charge in [0, 0.05) is 11.1 Å². The molecule has 2 rings (SSSR count). The number of carbonyl (C=O) groups is 2. The molecule has 14 heavy (non-hydrogen) atoms. The number of hydrogen-bond acceptors (Lipinski definition) is 2. The first-order valence-electron chi connectivity index (χ1n) is 4.52. The Bertz CT molecular complexity index is 442. The Morgan fingerprint density at radius 3 is 2.86 bits per heavy atom. The quantitative estimate of drug-likeness (QED) is 0.630. The van der Waals surface area contributed by atoms with E-state index in [2.05, 4.69) is 0 Å². The second-order valence-electron chi connectivity index (χ2n) is 3.45. The fraction of sp³-hybridized carbons (Fsp3) is 0.167. The molecule has 0 saturated heterocycles. The first-order chi connectivity index (χ1) is 6.72. The zero-order valence-electron chi connectivity index (χ0n) is 7.91. The van der Waals surface area contributed by atoms with Crippen LogP contribution in [-0.2, 0) is 6.42 Å². The third-order valence-electron chi connectivity index (χ3n) is 2.50. The summed E-state index contributed by atoms with van der Waals surface area (Å²) in [6.07, 6.45) is 3.45. The second-order valence-corrected chi connectivity index (χ2v) is 3.45. The zero-order valence-corrected chi connectivity index (χ0v) is 7.91. The van der Waals surface area contributed by atoms with E-state index in [1.807, 2.05) is 13.0 Å². The van der Waals surface area contributed by atoms with Crippen molar-refractivity contribution in [2.45, 2.75) is 13.3 Å². The van der Waals surface area contributed by atoms with Crippen molar-refractivity contribution in [3.8, 4) is 0 Å². The van der Waals surface area contributed by atoms with Crippen molar-refractivity contribution in [1.29, 1.82) is 0 Å². The molecule has 1 aromatic carbocycles. The molecule has 0 unspecified atom stereocenters. The number of Topliss-reactive ketones (excluding diaryl/α,β-unsaturated/α-hetero) is 1. The molecule has 0 atom stereocenters. The Kier molecular flexibility index (Phi) is 2.04. The summed E-state index contributed by atoms with van der Waals surface area (Å²) in [6, 6.07) is 5.20. The monoisotopic (exact) mass is 186 g/mol. The zero-order chi connectivity index (χ0) is 10.1. The lowest BCUT2D eigenvalue weighted by atomic mass is 9.90. The van der Waals surface area contributed by atoms with E-state index in [-0.39, 0.29) is 5.78 Å². The molecular weight excluding hydrogens is 176 g/mol. The number of aldehydes is 1. The molecule has 1 aromatic rings. The minimum Gasteiger partial charge on any atom is -0.298 e. The van der Waals surface area contributed by atoms with Gasteiger partial charge in [-0.2, -0.15) is 0 Å². The van der Waals surface area contributed by atoms with E-state index >= 15 is 0 Å². The van der Waals surface area contributed by atoms with Gasteiger partial charge in [-0.25, -0.2) is 0 Å². The van der Waals surface area contributed by atoms with E-state index in [1.54, 1.807) is 18.2 Å². The Labute approximate surface area is 82.2 Å². The molecule has 2 heteroatoms. The van der Waals surface area contributed by atoms with E-state index < -0.39 is 0 Å². The van der Waals surface area contributed by atoms with Crippen molar-refractivity contribution >= 4 is 12.1 Å². The van der Waals surface area contributed by atoms with E-state index in [1.165, 1.54) is 0 Å². The highest BCUT2D eigenvalue weighted by Gasteiger charge is 2.16. The van der Waals surface area contributed by atoms with Crippen molar-refractivity contribution in [2.75, 3.05) is 0 Å². The fourth-order valence-corrected chi connectivity index (χ4v) is 1.65. The molecule has 1 aliphatic rings. The highest BCUT2D eigenvalue weighted by molar-refractivity contribution is 6.10. The third kappa shape index (κ3) is 1.29. The largest absolute Gasteiger partial charge is 0.298 e. The lowest BCUT2D eigenvalue weighted by Gasteiger charge is -2.13. The van der Waals surface area contributed by atoms with Gasteiger partial charge in [0.1, 0.15) is 6.29 Å². The predicted octanol–water partition coefficient (Wildman–Crippen LogP) is 2.18. The third-order valence-corrected chi connectivity index (χ3v) is 2.50. The number of benzene rings is 1. The van der Waals surface area contributed by atoms with Gasteiger partial charge >= 0.3 is 0 Å². The average molecular weight is 186 g/mol. The topological polar surface area (TPSA) is 34.1 Å². The lowest BCUT2D eigenvalue weighted by molar-refractivity contribution is 0.103. The summed E-state index contributed by atoms with van der Waals surface area (Å²) in [4.78, 5) is 22.2. The molecular formula is C12H10O2. The van der Waals surface area contributed by atoms with Crippen LogP contribution < -0.4 is 0 Å². The molecule has 0 heterocycles. The van der Waals surface area contributed by atoms with Gasteiger partial charge in [-0.15, -0.1) is 0 Å². The first kappa shape index (κ1) is 8.88. The number of hydrogen-bond donors (Lipinski definition) is 0. The Hall–Kier alpha value is -1.70. The van der Waals surface area contributed by atoms with Gasteiger partial charge in [0.05, 0.1) is 0 Å². The van der Waals surface area contributed by atoms with Crippen molar-refractivity contribution < 1.29 is 9.59 Å². The highest BCUT2D eigenvalue weighted by Crippen LogP contribution is 2.21. The number of fused-ring (bicyclic) bond motifs is 1. The molecule has 0 spiro atoms. The van der Waals surface area contributed by atoms with Gasteiger partial charge in [0.2, 0.25) is 0 Å². The van der Waals surface area contributed by atoms with Crippen LogP contribution in [0.5, 0.6) is 0 Å². The molecule has 0 amide bonds. The lowest BCUT2D eigenvalue weighted by Crippen LogP contribution is -2.10. The van der Waals surface area contributed by atoms with Gasteiger partial charge in [0.25, 0.3) is 0 Å². The number of carbonyl (C=O) groups excluding carboxylic acids is 2. The average Bonchev–Trinajstić information content (AvgIpc) is 2.23. The second kappa shape index (κ2) is 3.22. The molecule has 70 valence electrons. The molecule has 0 bridgehead atoms. The van der Waals surface area contributed by atoms with Gasteiger partial charge < -0.3 is 0 Å². The van der Waals surface area contributed by atoms with Crippen LogP contribution >= 0.6 is 0 Å². The summed E-state index contributed by atoms with van der Waals surface area (Å²) in [5, 5.41) is 0. The molecule has 1 aliphatic carbocycles. The smallest absolute Gasteiger partial charge is 0.188 e. The van der Waals surface area contributed by atoms with Crippen LogP contribution in [0.4, 0.5) is 0 Å². The van der Waals surface area contributed by atoms with Crippen LogP contribution in [0.25, 0.3) is 0 Å². The fourth-order valence-electron chi connectivity index (χ4n) is 1.65. The van der Waals surface area contributed by atoms with Crippen LogP contribution in [-0.4, -0.2) is 12.1 Å². The molecule has 2 nitrogen and oxygen atoms in total. The van der Waals surface area contributed by atoms with Crippen LogP contribution in [0.3, 0.4) is 0 Å². The summed E-state index contributed by atoms with van der Waals surface area (Å²) < 4.78 is 0. The summed E-state index contributed by atoms with van der Waals surface area (Å²) in [5.74, 6) is 0.0729. The van der Waals surface area contributed by atoms with Crippen molar-refractivity contribution in [3.05, 3.63) is 46.5 Å².